The van der Waals surface area contributed by atoms with Crippen molar-refractivity contribution in [3.8, 4) is 0 Å². The SMILES string of the molecule is Cc1ccc(NC(N)=NCC(C)N2CCCC(C)C2)cc1C.I. The van der Waals surface area contributed by atoms with Crippen molar-refractivity contribution in [3.05, 3.63) is 29.3 Å². The molecule has 0 amide bonds. The Kier molecular flexibility index (Phi) is 8.33. The molecule has 5 heteroatoms. The highest BCUT2D eigenvalue weighted by Gasteiger charge is 2.20. The number of aliphatic imine (C=N–C) groups is 1. The average Bonchev–Trinajstić information content (AvgIpc) is 2.48. The molecule has 1 aliphatic rings. The Balaban J connectivity index is 0.00000264. The molecule has 0 aromatic heterocycles. The predicted octanol–water partition coefficient (Wildman–Crippen LogP) is 3.77. The zero-order valence-corrected chi connectivity index (χ0v) is 17.1. The van der Waals surface area contributed by atoms with Crippen LogP contribution in [0.4, 0.5) is 5.69 Å². The summed E-state index contributed by atoms with van der Waals surface area (Å²) in [5.74, 6) is 1.30. The largest absolute Gasteiger partial charge is 0.370 e. The van der Waals surface area contributed by atoms with E-state index in [-0.39, 0.29) is 24.0 Å². The molecule has 2 rings (SSSR count). The van der Waals surface area contributed by atoms with E-state index in [1.54, 1.807) is 0 Å². The minimum Gasteiger partial charge on any atom is -0.370 e. The van der Waals surface area contributed by atoms with Gasteiger partial charge in [-0.05, 0) is 69.3 Å². The number of nitrogens with one attached hydrogen (secondary N) is 1. The Morgan fingerprint density at radius 3 is 2.78 bits per heavy atom. The van der Waals surface area contributed by atoms with Crippen molar-refractivity contribution in [2.24, 2.45) is 16.6 Å². The second kappa shape index (κ2) is 9.47. The number of nitrogens with two attached hydrogens (primary N) is 1. The van der Waals surface area contributed by atoms with Crippen LogP contribution in [0.15, 0.2) is 23.2 Å². The smallest absolute Gasteiger partial charge is 0.193 e. The Bertz CT molecular complexity index is 530. The second-order valence-corrected chi connectivity index (χ2v) is 6.74. The second-order valence-electron chi connectivity index (χ2n) is 6.74. The van der Waals surface area contributed by atoms with Gasteiger partial charge >= 0.3 is 0 Å². The highest BCUT2D eigenvalue weighted by Crippen LogP contribution is 2.18. The first-order chi connectivity index (χ1) is 10.5. The number of likely N-dealkylation sites (tertiary alicyclic amines) is 1. The molecule has 23 heavy (non-hydrogen) atoms. The quantitative estimate of drug-likeness (QED) is 0.435. The summed E-state index contributed by atoms with van der Waals surface area (Å²) in [6.45, 7) is 11.9. The number of nitrogens with zero attached hydrogens (tertiary/aromatic N) is 2. The first-order valence-electron chi connectivity index (χ1n) is 8.34. The fourth-order valence-corrected chi connectivity index (χ4v) is 2.98. The Hall–Kier alpha value is -0.820. The van der Waals surface area contributed by atoms with Gasteiger partial charge in [0.1, 0.15) is 0 Å². The molecule has 1 fully saturated rings. The van der Waals surface area contributed by atoms with Crippen LogP contribution in [0.3, 0.4) is 0 Å². The standard InChI is InChI=1S/C18H30N4.HI/c1-13-6-5-9-22(12-13)16(4)11-20-18(19)21-17-8-7-14(2)15(3)10-17;/h7-8,10,13,16H,5-6,9,11-12H2,1-4H3,(H3,19,20,21);1H. The van der Waals surface area contributed by atoms with Crippen LogP contribution in [0.1, 0.15) is 37.8 Å². The van der Waals surface area contributed by atoms with Crippen LogP contribution in [-0.4, -0.2) is 36.5 Å². The van der Waals surface area contributed by atoms with Crippen LogP contribution in [0.5, 0.6) is 0 Å². The molecule has 0 aliphatic carbocycles. The number of halogens is 1. The number of piperidine rings is 1. The average molecular weight is 430 g/mol. The van der Waals surface area contributed by atoms with Gasteiger partial charge in [-0.1, -0.05) is 13.0 Å². The van der Waals surface area contributed by atoms with E-state index in [4.69, 9.17) is 5.73 Å². The molecule has 3 N–H and O–H groups in total. The van der Waals surface area contributed by atoms with Crippen molar-refractivity contribution >= 4 is 35.6 Å². The molecule has 0 radical (unpaired) electrons. The number of benzene rings is 1. The summed E-state index contributed by atoms with van der Waals surface area (Å²) in [5.41, 5.74) is 9.57. The number of anilines is 1. The maximum Gasteiger partial charge on any atom is 0.193 e. The van der Waals surface area contributed by atoms with Crippen LogP contribution >= 0.6 is 24.0 Å². The number of hydrogen-bond acceptors (Lipinski definition) is 2. The van der Waals surface area contributed by atoms with Gasteiger partial charge in [0.15, 0.2) is 5.96 Å². The molecule has 0 bridgehead atoms. The highest BCUT2D eigenvalue weighted by molar-refractivity contribution is 14.0. The number of rotatable bonds is 4. The fourth-order valence-electron chi connectivity index (χ4n) is 2.98. The lowest BCUT2D eigenvalue weighted by molar-refractivity contribution is 0.142. The van der Waals surface area contributed by atoms with Crippen molar-refractivity contribution in [1.82, 2.24) is 4.90 Å². The van der Waals surface area contributed by atoms with E-state index in [0.29, 0.717) is 12.0 Å². The normalized spacial score (nSPS) is 20.7. The molecular formula is C18H31IN4. The summed E-state index contributed by atoms with van der Waals surface area (Å²) in [6, 6.07) is 6.69. The lowest BCUT2D eigenvalue weighted by Gasteiger charge is -2.34. The molecule has 1 aromatic carbocycles. The molecule has 1 heterocycles. The summed E-state index contributed by atoms with van der Waals surface area (Å²) in [7, 11) is 0. The van der Waals surface area contributed by atoms with E-state index >= 15 is 0 Å². The van der Waals surface area contributed by atoms with Crippen LogP contribution in [0.25, 0.3) is 0 Å². The van der Waals surface area contributed by atoms with E-state index < -0.39 is 0 Å². The van der Waals surface area contributed by atoms with Crippen LogP contribution in [-0.2, 0) is 0 Å². The molecule has 4 nitrogen and oxygen atoms in total. The lowest BCUT2D eigenvalue weighted by Crippen LogP contribution is -2.42. The number of guanidine groups is 1. The minimum atomic E-state index is 0. The third-order valence-corrected chi connectivity index (χ3v) is 4.62. The highest BCUT2D eigenvalue weighted by atomic mass is 127. The van der Waals surface area contributed by atoms with Crippen molar-refractivity contribution in [3.63, 3.8) is 0 Å². The van der Waals surface area contributed by atoms with Gasteiger partial charge < -0.3 is 11.1 Å². The maximum absolute atomic E-state index is 6.02. The third-order valence-electron chi connectivity index (χ3n) is 4.62. The fraction of sp³-hybridized carbons (Fsp3) is 0.611. The minimum absolute atomic E-state index is 0. The lowest BCUT2D eigenvalue weighted by atomic mass is 9.99. The van der Waals surface area contributed by atoms with Crippen LogP contribution in [0, 0.1) is 19.8 Å². The first kappa shape index (κ1) is 20.2. The van der Waals surface area contributed by atoms with E-state index in [2.05, 4.69) is 55.0 Å². The Morgan fingerprint density at radius 2 is 2.13 bits per heavy atom. The van der Waals surface area contributed by atoms with E-state index in [0.717, 1.165) is 18.2 Å². The van der Waals surface area contributed by atoms with Crippen molar-refractivity contribution in [1.29, 1.82) is 0 Å². The summed E-state index contributed by atoms with van der Waals surface area (Å²) < 4.78 is 0. The molecule has 1 saturated heterocycles. The third kappa shape index (κ3) is 6.30. The Morgan fingerprint density at radius 1 is 1.39 bits per heavy atom. The monoisotopic (exact) mass is 430 g/mol. The van der Waals surface area contributed by atoms with Gasteiger partial charge in [0, 0.05) is 18.3 Å². The van der Waals surface area contributed by atoms with Gasteiger partial charge in [0.05, 0.1) is 6.54 Å². The van der Waals surface area contributed by atoms with Crippen molar-refractivity contribution in [2.75, 3.05) is 25.0 Å². The van der Waals surface area contributed by atoms with Gasteiger partial charge in [-0.15, -0.1) is 24.0 Å². The summed E-state index contributed by atoms with van der Waals surface area (Å²) in [4.78, 5) is 7.04. The molecule has 130 valence electrons. The zero-order chi connectivity index (χ0) is 16.1. The Labute approximate surface area is 157 Å². The van der Waals surface area contributed by atoms with Crippen molar-refractivity contribution < 1.29 is 0 Å². The molecule has 2 unspecified atom stereocenters. The summed E-state index contributed by atoms with van der Waals surface area (Å²) in [6.07, 6.45) is 2.65. The number of hydrogen-bond donors (Lipinski definition) is 2. The van der Waals surface area contributed by atoms with Crippen molar-refractivity contribution in [2.45, 2.75) is 46.6 Å². The van der Waals surface area contributed by atoms with Gasteiger partial charge in [-0.2, -0.15) is 0 Å². The van der Waals surface area contributed by atoms with E-state index in [9.17, 15) is 0 Å². The molecule has 0 saturated carbocycles. The van der Waals surface area contributed by atoms with Gasteiger partial charge in [-0.3, -0.25) is 9.89 Å². The summed E-state index contributed by atoms with van der Waals surface area (Å²) in [5, 5.41) is 3.19. The van der Waals surface area contributed by atoms with Crippen LogP contribution < -0.4 is 11.1 Å². The molecule has 1 aromatic rings. The molecule has 1 aliphatic heterocycles. The van der Waals surface area contributed by atoms with Gasteiger partial charge in [0.25, 0.3) is 0 Å². The first-order valence-corrected chi connectivity index (χ1v) is 8.34. The predicted molar refractivity (Wildman–Crippen MR) is 111 cm³/mol. The van der Waals surface area contributed by atoms with Gasteiger partial charge in [0.2, 0.25) is 0 Å². The topological polar surface area (TPSA) is 53.6 Å². The van der Waals surface area contributed by atoms with Crippen LogP contribution in [0.2, 0.25) is 0 Å². The van der Waals surface area contributed by atoms with Gasteiger partial charge in [-0.25, -0.2) is 0 Å². The zero-order valence-electron chi connectivity index (χ0n) is 14.8. The summed E-state index contributed by atoms with van der Waals surface area (Å²) >= 11 is 0. The molecule has 2 atom stereocenters. The molecular weight excluding hydrogens is 399 g/mol. The van der Waals surface area contributed by atoms with E-state index in [1.807, 2.05) is 6.07 Å². The van der Waals surface area contributed by atoms with E-state index in [1.165, 1.54) is 37.1 Å². The molecule has 0 spiro atoms. The number of aryl methyl sites for hydroxylation is 2. The maximum atomic E-state index is 6.02.